The average Bonchev–Trinajstić information content (AvgIpc) is 2.41. The minimum atomic E-state index is -0.170. The summed E-state index contributed by atoms with van der Waals surface area (Å²) in [5.74, 6) is 0.919. The van der Waals surface area contributed by atoms with Gasteiger partial charge in [-0.2, -0.15) is 5.10 Å². The summed E-state index contributed by atoms with van der Waals surface area (Å²) in [6.07, 6.45) is 0. The number of ether oxygens (including phenoxy) is 1. The molecule has 18 heavy (non-hydrogen) atoms. The lowest BCUT2D eigenvalue weighted by atomic mass is 10.1. The normalized spacial score (nSPS) is 10.4. The van der Waals surface area contributed by atoms with Crippen LogP contribution in [0.3, 0.4) is 0 Å². The predicted octanol–water partition coefficient (Wildman–Crippen LogP) is 2.19. The monoisotopic (exact) mass is 264 g/mol. The van der Waals surface area contributed by atoms with Crippen LogP contribution in [-0.2, 0) is 12.9 Å². The molecule has 0 fully saturated rings. The van der Waals surface area contributed by atoms with Crippen LogP contribution in [0.15, 0.2) is 35.1 Å². The number of hydrogen-bond donors (Lipinski definition) is 0. The number of methoxy groups -OCH3 is 1. The number of alkyl halides is 1. The van der Waals surface area contributed by atoms with E-state index in [1.807, 2.05) is 24.3 Å². The molecule has 0 aliphatic carbocycles. The molecule has 2 aromatic rings. The summed E-state index contributed by atoms with van der Waals surface area (Å²) in [7, 11) is 3.22. The van der Waals surface area contributed by atoms with E-state index >= 15 is 0 Å². The van der Waals surface area contributed by atoms with Crippen molar-refractivity contribution in [3.63, 3.8) is 0 Å². The van der Waals surface area contributed by atoms with Crippen LogP contribution in [0, 0.1) is 0 Å². The van der Waals surface area contributed by atoms with Gasteiger partial charge < -0.3 is 4.74 Å². The van der Waals surface area contributed by atoms with Crippen LogP contribution in [0.4, 0.5) is 0 Å². The molecule has 94 valence electrons. The van der Waals surface area contributed by atoms with Gasteiger partial charge >= 0.3 is 0 Å². The fraction of sp³-hybridized carbons (Fsp3) is 0.231. The Hall–Kier alpha value is -1.81. The predicted molar refractivity (Wildman–Crippen MR) is 71.0 cm³/mol. The number of halogens is 1. The third kappa shape index (κ3) is 2.38. The maximum Gasteiger partial charge on any atom is 0.270 e. The third-order valence-electron chi connectivity index (χ3n) is 2.65. The van der Waals surface area contributed by atoms with Gasteiger partial charge in [0.25, 0.3) is 5.56 Å². The summed E-state index contributed by atoms with van der Waals surface area (Å²) in [4.78, 5) is 11.7. The molecule has 5 heteroatoms. The lowest BCUT2D eigenvalue weighted by molar-refractivity contribution is 0.415. The lowest BCUT2D eigenvalue weighted by Gasteiger charge is -2.07. The highest BCUT2D eigenvalue weighted by atomic mass is 35.5. The maximum atomic E-state index is 11.7. The van der Waals surface area contributed by atoms with Crippen molar-refractivity contribution < 1.29 is 4.74 Å². The van der Waals surface area contributed by atoms with Crippen LogP contribution in [0.2, 0.25) is 0 Å². The van der Waals surface area contributed by atoms with Crippen molar-refractivity contribution in [2.45, 2.75) is 5.88 Å². The Bertz CT molecular complexity index is 623. The molecular weight excluding hydrogens is 252 g/mol. The highest BCUT2D eigenvalue weighted by Gasteiger charge is 2.07. The van der Waals surface area contributed by atoms with E-state index in [0.717, 1.165) is 11.3 Å². The quantitative estimate of drug-likeness (QED) is 0.799. The summed E-state index contributed by atoms with van der Waals surface area (Å²) in [6, 6.07) is 9.22. The van der Waals surface area contributed by atoms with Crippen LogP contribution in [-0.4, -0.2) is 16.9 Å². The van der Waals surface area contributed by atoms with Crippen molar-refractivity contribution in [3.8, 4) is 17.0 Å². The van der Waals surface area contributed by atoms with Crippen molar-refractivity contribution in [3.05, 3.63) is 46.2 Å². The molecule has 0 spiro atoms. The van der Waals surface area contributed by atoms with Gasteiger partial charge in [-0.1, -0.05) is 12.1 Å². The number of aryl methyl sites for hydroxylation is 1. The van der Waals surface area contributed by atoms with E-state index in [9.17, 15) is 4.79 Å². The van der Waals surface area contributed by atoms with Gasteiger partial charge in [0.05, 0.1) is 18.7 Å². The Morgan fingerprint density at radius 3 is 2.83 bits per heavy atom. The zero-order valence-corrected chi connectivity index (χ0v) is 10.9. The molecule has 0 aliphatic rings. The molecule has 0 saturated heterocycles. The largest absolute Gasteiger partial charge is 0.497 e. The molecule has 0 radical (unpaired) electrons. The summed E-state index contributed by atoms with van der Waals surface area (Å²) in [6.45, 7) is 0. The zero-order chi connectivity index (χ0) is 13.1. The van der Waals surface area contributed by atoms with Crippen LogP contribution in [0.5, 0.6) is 5.75 Å². The molecule has 0 amide bonds. The van der Waals surface area contributed by atoms with Gasteiger partial charge in [0.1, 0.15) is 5.75 Å². The first kappa shape index (κ1) is 12.6. The van der Waals surface area contributed by atoms with Crippen molar-refractivity contribution in [2.75, 3.05) is 7.11 Å². The summed E-state index contributed by atoms with van der Waals surface area (Å²) < 4.78 is 6.46. The highest BCUT2D eigenvalue weighted by Crippen LogP contribution is 2.22. The summed E-state index contributed by atoms with van der Waals surface area (Å²) in [5, 5.41) is 4.22. The number of benzene rings is 1. The molecule has 1 heterocycles. The van der Waals surface area contributed by atoms with Gasteiger partial charge in [-0.25, -0.2) is 4.68 Å². The number of nitrogens with zero attached hydrogens (tertiary/aromatic N) is 2. The van der Waals surface area contributed by atoms with Gasteiger partial charge in [-0.3, -0.25) is 4.79 Å². The van der Waals surface area contributed by atoms with Gasteiger partial charge in [0.15, 0.2) is 0 Å². The summed E-state index contributed by atoms with van der Waals surface area (Å²) in [5.41, 5.74) is 1.95. The lowest BCUT2D eigenvalue weighted by Crippen LogP contribution is -2.23. The molecule has 0 bridgehead atoms. The van der Waals surface area contributed by atoms with E-state index in [1.54, 1.807) is 20.2 Å². The fourth-order valence-corrected chi connectivity index (χ4v) is 1.88. The van der Waals surface area contributed by atoms with Crippen LogP contribution >= 0.6 is 11.6 Å². The minimum Gasteiger partial charge on any atom is -0.497 e. The Balaban J connectivity index is 2.56. The first-order valence-corrected chi connectivity index (χ1v) is 5.96. The van der Waals surface area contributed by atoms with Gasteiger partial charge in [0.2, 0.25) is 0 Å². The second-order valence-electron chi connectivity index (χ2n) is 3.85. The molecule has 2 rings (SSSR count). The molecular formula is C13H13ClN2O2. The number of hydrogen-bond acceptors (Lipinski definition) is 3. The fourth-order valence-electron chi connectivity index (χ4n) is 1.69. The third-order valence-corrected chi connectivity index (χ3v) is 2.93. The number of rotatable bonds is 3. The van der Waals surface area contributed by atoms with E-state index in [-0.39, 0.29) is 11.4 Å². The molecule has 0 N–H and O–H groups in total. The van der Waals surface area contributed by atoms with E-state index < -0.39 is 0 Å². The van der Waals surface area contributed by atoms with Crippen molar-refractivity contribution in [2.24, 2.45) is 7.05 Å². The topological polar surface area (TPSA) is 44.1 Å². The highest BCUT2D eigenvalue weighted by molar-refractivity contribution is 6.17. The molecule has 1 aromatic carbocycles. The second kappa shape index (κ2) is 5.23. The van der Waals surface area contributed by atoms with Crippen LogP contribution < -0.4 is 10.3 Å². The van der Waals surface area contributed by atoms with Gasteiger partial charge in [-0.15, -0.1) is 11.6 Å². The standard InChI is InChI=1S/C13H13ClN2O2/c1-16-13(17)10(8-14)7-12(15-16)9-4-3-5-11(6-9)18-2/h3-7H,8H2,1-2H3. The van der Waals surface area contributed by atoms with E-state index in [1.165, 1.54) is 4.68 Å². The van der Waals surface area contributed by atoms with Crippen molar-refractivity contribution in [1.82, 2.24) is 9.78 Å². The molecule has 0 aliphatic heterocycles. The summed E-state index contributed by atoms with van der Waals surface area (Å²) >= 11 is 5.76. The molecule has 0 unspecified atom stereocenters. The van der Waals surface area contributed by atoms with Crippen LogP contribution in [0.1, 0.15) is 5.56 Å². The van der Waals surface area contributed by atoms with Crippen LogP contribution in [0.25, 0.3) is 11.3 Å². The smallest absolute Gasteiger partial charge is 0.270 e. The maximum absolute atomic E-state index is 11.7. The first-order valence-electron chi connectivity index (χ1n) is 5.43. The Morgan fingerprint density at radius 1 is 1.39 bits per heavy atom. The number of aromatic nitrogens is 2. The SMILES string of the molecule is COc1cccc(-c2cc(CCl)c(=O)n(C)n2)c1. The second-order valence-corrected chi connectivity index (χ2v) is 4.12. The minimum absolute atomic E-state index is 0.170. The van der Waals surface area contributed by atoms with Crippen molar-refractivity contribution >= 4 is 11.6 Å². The van der Waals surface area contributed by atoms with E-state index in [4.69, 9.17) is 16.3 Å². The Morgan fingerprint density at radius 2 is 2.17 bits per heavy atom. The molecule has 0 atom stereocenters. The first-order chi connectivity index (χ1) is 8.65. The average molecular weight is 265 g/mol. The molecule has 0 saturated carbocycles. The van der Waals surface area contributed by atoms with E-state index in [2.05, 4.69) is 5.10 Å². The van der Waals surface area contributed by atoms with Crippen molar-refractivity contribution in [1.29, 1.82) is 0 Å². The van der Waals surface area contributed by atoms with E-state index in [0.29, 0.717) is 11.3 Å². The van der Waals surface area contributed by atoms with Gasteiger partial charge in [-0.05, 0) is 18.2 Å². The molecule has 4 nitrogen and oxygen atoms in total. The zero-order valence-electron chi connectivity index (χ0n) is 10.2. The Labute approximate surface area is 110 Å². The van der Waals surface area contributed by atoms with Gasteiger partial charge in [0, 0.05) is 18.2 Å². The molecule has 1 aromatic heterocycles. The Kier molecular flexibility index (Phi) is 3.67.